The summed E-state index contributed by atoms with van der Waals surface area (Å²) in [5.74, 6) is 0.304. The average Bonchev–Trinajstić information content (AvgIpc) is 2.71. The van der Waals surface area contributed by atoms with E-state index in [2.05, 4.69) is 5.32 Å². The molecule has 0 saturated carbocycles. The van der Waals surface area contributed by atoms with Crippen molar-refractivity contribution in [2.75, 3.05) is 13.2 Å². The van der Waals surface area contributed by atoms with E-state index in [-0.39, 0.29) is 10.8 Å². The number of ether oxygens (including phenoxy) is 2. The second-order valence-corrected chi connectivity index (χ2v) is 8.74. The van der Waals surface area contributed by atoms with Gasteiger partial charge in [-0.05, 0) is 56.5 Å². The minimum Gasteiger partial charge on any atom is -0.493 e. The van der Waals surface area contributed by atoms with Crippen LogP contribution in [-0.2, 0) is 21.2 Å². The zero-order chi connectivity index (χ0) is 22.9. The van der Waals surface area contributed by atoms with Crippen molar-refractivity contribution in [3.63, 3.8) is 0 Å². The van der Waals surface area contributed by atoms with Crippen LogP contribution in [0.5, 0.6) is 5.75 Å². The fraction of sp³-hybridized carbons (Fsp3) is 0.364. The van der Waals surface area contributed by atoms with Crippen LogP contribution in [-0.4, -0.2) is 39.7 Å². The monoisotopic (exact) mass is 448 g/mol. The summed E-state index contributed by atoms with van der Waals surface area (Å²) >= 11 is 0. The second kappa shape index (κ2) is 11.4. The lowest BCUT2D eigenvalue weighted by molar-refractivity contribution is 0.0949. The first kappa shape index (κ1) is 24.2. The summed E-state index contributed by atoms with van der Waals surface area (Å²) in [6.07, 6.45) is -0.105. The van der Waals surface area contributed by atoms with Gasteiger partial charge in [0, 0.05) is 6.54 Å². The maximum absolute atomic E-state index is 12.5. The first-order chi connectivity index (χ1) is 14.7. The van der Waals surface area contributed by atoms with Crippen molar-refractivity contribution in [2.45, 2.75) is 44.6 Å². The van der Waals surface area contributed by atoms with Crippen LogP contribution in [0.15, 0.2) is 53.4 Å². The van der Waals surface area contributed by atoms with Gasteiger partial charge in [0.2, 0.25) is 0 Å². The minimum atomic E-state index is -4.01. The van der Waals surface area contributed by atoms with E-state index in [1.54, 1.807) is 44.2 Å². The molecule has 9 heteroatoms. The molecule has 0 aliphatic carbocycles. The number of hydrogen-bond acceptors (Lipinski definition) is 6. The van der Waals surface area contributed by atoms with E-state index >= 15 is 0 Å². The lowest BCUT2D eigenvalue weighted by Crippen LogP contribution is -2.32. The van der Waals surface area contributed by atoms with Crippen LogP contribution < -0.4 is 14.8 Å². The maximum Gasteiger partial charge on any atom is 0.421 e. The third kappa shape index (κ3) is 7.60. The normalized spacial score (nSPS) is 11.1. The zero-order valence-electron chi connectivity index (χ0n) is 17.9. The van der Waals surface area contributed by atoms with E-state index < -0.39 is 22.2 Å². The first-order valence-corrected chi connectivity index (χ1v) is 11.5. The van der Waals surface area contributed by atoms with Crippen molar-refractivity contribution in [3.05, 3.63) is 59.7 Å². The molecule has 0 aliphatic rings. The topological polar surface area (TPSA) is 111 Å². The van der Waals surface area contributed by atoms with Crippen molar-refractivity contribution >= 4 is 22.0 Å². The van der Waals surface area contributed by atoms with Crippen LogP contribution in [0.3, 0.4) is 0 Å². The molecule has 0 unspecified atom stereocenters. The van der Waals surface area contributed by atoms with E-state index in [0.717, 1.165) is 12.0 Å². The molecule has 0 spiro atoms. The van der Waals surface area contributed by atoms with E-state index in [1.165, 1.54) is 12.1 Å². The number of benzene rings is 2. The quantitative estimate of drug-likeness (QED) is 0.577. The first-order valence-electron chi connectivity index (χ1n) is 10.1. The fourth-order valence-electron chi connectivity index (χ4n) is 2.65. The molecule has 2 rings (SSSR count). The van der Waals surface area contributed by atoms with Gasteiger partial charge in [-0.15, -0.1) is 0 Å². The number of amides is 2. The highest BCUT2D eigenvalue weighted by atomic mass is 32.2. The number of nitrogens with one attached hydrogen (secondary N) is 2. The molecule has 0 aliphatic heterocycles. The molecule has 0 radical (unpaired) electrons. The summed E-state index contributed by atoms with van der Waals surface area (Å²) in [4.78, 5) is 24.0. The van der Waals surface area contributed by atoms with Gasteiger partial charge in [0.25, 0.3) is 15.9 Å². The van der Waals surface area contributed by atoms with E-state index in [9.17, 15) is 18.0 Å². The Balaban J connectivity index is 1.91. The lowest BCUT2D eigenvalue weighted by atomic mass is 10.1. The summed E-state index contributed by atoms with van der Waals surface area (Å²) < 4.78 is 36.7. The smallest absolute Gasteiger partial charge is 0.421 e. The van der Waals surface area contributed by atoms with Crippen molar-refractivity contribution in [3.8, 4) is 5.75 Å². The number of para-hydroxylation sites is 1. The van der Waals surface area contributed by atoms with Crippen LogP contribution >= 0.6 is 0 Å². The molecule has 0 fully saturated rings. The highest BCUT2D eigenvalue weighted by Gasteiger charge is 2.19. The molecule has 2 N–H and O–H groups in total. The Hall–Kier alpha value is -3.07. The predicted molar refractivity (Wildman–Crippen MR) is 117 cm³/mol. The van der Waals surface area contributed by atoms with Crippen LogP contribution in [0.2, 0.25) is 0 Å². The zero-order valence-corrected chi connectivity index (χ0v) is 18.7. The molecule has 2 amide bonds. The van der Waals surface area contributed by atoms with Crippen molar-refractivity contribution in [1.82, 2.24) is 10.0 Å². The van der Waals surface area contributed by atoms with E-state index in [0.29, 0.717) is 30.9 Å². The van der Waals surface area contributed by atoms with Gasteiger partial charge in [-0.25, -0.2) is 17.9 Å². The van der Waals surface area contributed by atoms with Crippen LogP contribution in [0.1, 0.15) is 43.1 Å². The molecule has 0 saturated heterocycles. The Labute approximate surface area is 183 Å². The highest BCUT2D eigenvalue weighted by molar-refractivity contribution is 7.90. The van der Waals surface area contributed by atoms with Gasteiger partial charge in [0.1, 0.15) is 5.75 Å². The lowest BCUT2D eigenvalue weighted by Gasteiger charge is -2.12. The molecule has 0 heterocycles. The Morgan fingerprint density at radius 3 is 2.35 bits per heavy atom. The van der Waals surface area contributed by atoms with Crippen molar-refractivity contribution in [1.29, 1.82) is 0 Å². The molecule has 168 valence electrons. The SMILES string of the molecule is CCCOc1ccccc1C(=O)NCCc1ccc(S(=O)(=O)NC(=O)OC(C)C)cc1. The Morgan fingerprint density at radius 2 is 1.71 bits per heavy atom. The van der Waals surface area contributed by atoms with Gasteiger partial charge in [0.05, 0.1) is 23.2 Å². The summed E-state index contributed by atoms with van der Waals surface area (Å²) in [5, 5.41) is 2.84. The van der Waals surface area contributed by atoms with Crippen LogP contribution in [0.25, 0.3) is 0 Å². The average molecular weight is 449 g/mol. The Bertz CT molecular complexity index is 987. The summed E-state index contributed by atoms with van der Waals surface area (Å²) in [6, 6.07) is 13.1. The number of hydrogen-bond donors (Lipinski definition) is 2. The molecule has 0 aromatic heterocycles. The molecule has 2 aromatic carbocycles. The van der Waals surface area contributed by atoms with Crippen molar-refractivity contribution < 1.29 is 27.5 Å². The third-order valence-electron chi connectivity index (χ3n) is 4.09. The Morgan fingerprint density at radius 1 is 1.03 bits per heavy atom. The summed E-state index contributed by atoms with van der Waals surface area (Å²) in [5.41, 5.74) is 1.30. The van der Waals surface area contributed by atoms with Crippen LogP contribution in [0, 0.1) is 0 Å². The van der Waals surface area contributed by atoms with E-state index in [1.807, 2.05) is 17.7 Å². The molecule has 31 heavy (non-hydrogen) atoms. The van der Waals surface area contributed by atoms with Gasteiger partial charge in [0.15, 0.2) is 0 Å². The minimum absolute atomic E-state index is 0.0528. The molecular formula is C22H28N2O6S. The van der Waals surface area contributed by atoms with E-state index in [4.69, 9.17) is 9.47 Å². The Kier molecular flexibility index (Phi) is 8.87. The van der Waals surface area contributed by atoms with Gasteiger partial charge in [-0.1, -0.05) is 31.2 Å². The standard InChI is InChI=1S/C22H28N2O6S/c1-4-15-29-20-8-6-5-7-19(20)21(25)23-14-13-17-9-11-18(12-10-17)31(27,28)24-22(26)30-16(2)3/h5-12,16H,4,13-15H2,1-3H3,(H,23,25)(H,24,26). The third-order valence-corrected chi connectivity index (χ3v) is 5.41. The van der Waals surface area contributed by atoms with Crippen molar-refractivity contribution in [2.24, 2.45) is 0 Å². The molecule has 8 nitrogen and oxygen atoms in total. The predicted octanol–water partition coefficient (Wildman–Crippen LogP) is 3.27. The molecular weight excluding hydrogens is 420 g/mol. The summed E-state index contributed by atoms with van der Waals surface area (Å²) in [6.45, 7) is 6.13. The number of carbonyl (C=O) groups excluding carboxylic acids is 2. The van der Waals surface area contributed by atoms with Gasteiger partial charge in [-0.3, -0.25) is 4.79 Å². The molecule has 0 atom stereocenters. The highest BCUT2D eigenvalue weighted by Crippen LogP contribution is 2.18. The van der Waals surface area contributed by atoms with Crippen LogP contribution in [0.4, 0.5) is 4.79 Å². The molecule has 2 aromatic rings. The summed E-state index contributed by atoms with van der Waals surface area (Å²) in [7, 11) is -4.01. The largest absolute Gasteiger partial charge is 0.493 e. The van der Waals surface area contributed by atoms with Gasteiger partial charge < -0.3 is 14.8 Å². The maximum atomic E-state index is 12.5. The van der Waals surface area contributed by atoms with Gasteiger partial charge >= 0.3 is 6.09 Å². The number of rotatable bonds is 10. The molecule has 0 bridgehead atoms. The fourth-order valence-corrected chi connectivity index (χ4v) is 3.53. The second-order valence-electron chi connectivity index (χ2n) is 7.05. The van der Waals surface area contributed by atoms with Gasteiger partial charge in [-0.2, -0.15) is 0 Å². The number of carbonyl (C=O) groups is 2. The number of sulfonamides is 1.